The zero-order chi connectivity index (χ0) is 15.3. The number of anilines is 1. The summed E-state index contributed by atoms with van der Waals surface area (Å²) < 4.78 is 43.3. The molecule has 0 atom stereocenters. The highest BCUT2D eigenvalue weighted by atomic mass is 19.4. The van der Waals surface area contributed by atoms with Gasteiger partial charge in [-0.1, -0.05) is 18.2 Å². The third kappa shape index (κ3) is 4.41. The Morgan fingerprint density at radius 3 is 2.52 bits per heavy atom. The van der Waals surface area contributed by atoms with Gasteiger partial charge in [0, 0.05) is 12.2 Å². The number of alkyl halides is 3. The summed E-state index contributed by atoms with van der Waals surface area (Å²) >= 11 is 0. The van der Waals surface area contributed by atoms with Gasteiger partial charge in [-0.3, -0.25) is 0 Å². The van der Waals surface area contributed by atoms with Gasteiger partial charge < -0.3 is 10.1 Å². The first-order chi connectivity index (χ1) is 9.99. The summed E-state index contributed by atoms with van der Waals surface area (Å²) in [7, 11) is 0. The van der Waals surface area contributed by atoms with Gasteiger partial charge in [0.25, 0.3) is 0 Å². The topological polar surface area (TPSA) is 21.3 Å². The lowest BCUT2D eigenvalue weighted by molar-refractivity contribution is -0.137. The summed E-state index contributed by atoms with van der Waals surface area (Å²) in [6.45, 7) is 2.90. The molecule has 2 aromatic rings. The summed E-state index contributed by atoms with van der Waals surface area (Å²) in [5, 5.41) is 2.99. The van der Waals surface area contributed by atoms with Gasteiger partial charge in [-0.2, -0.15) is 13.2 Å². The molecule has 112 valence electrons. The van der Waals surface area contributed by atoms with Crippen molar-refractivity contribution < 1.29 is 17.9 Å². The summed E-state index contributed by atoms with van der Waals surface area (Å²) in [6, 6.07) is 12.6. The third-order valence-corrected chi connectivity index (χ3v) is 2.90. The largest absolute Gasteiger partial charge is 0.494 e. The average molecular weight is 295 g/mol. The Morgan fingerprint density at radius 2 is 1.81 bits per heavy atom. The maximum atomic E-state index is 12.6. The van der Waals surface area contributed by atoms with Crippen LogP contribution in [-0.2, 0) is 12.7 Å². The van der Waals surface area contributed by atoms with Crippen molar-refractivity contribution in [2.45, 2.75) is 19.6 Å². The predicted octanol–water partition coefficient (Wildman–Crippen LogP) is 4.72. The molecule has 0 saturated carbocycles. The molecule has 0 bridgehead atoms. The van der Waals surface area contributed by atoms with Gasteiger partial charge in [-0.25, -0.2) is 0 Å². The van der Waals surface area contributed by atoms with Crippen molar-refractivity contribution in [1.29, 1.82) is 0 Å². The molecule has 1 N–H and O–H groups in total. The fourth-order valence-corrected chi connectivity index (χ4v) is 1.92. The molecule has 5 heteroatoms. The maximum absolute atomic E-state index is 12.6. The van der Waals surface area contributed by atoms with Crippen LogP contribution in [0.3, 0.4) is 0 Å². The van der Waals surface area contributed by atoms with E-state index in [1.54, 1.807) is 6.07 Å². The second kappa shape index (κ2) is 6.52. The fraction of sp³-hybridized carbons (Fsp3) is 0.250. The number of rotatable bonds is 5. The molecule has 2 nitrogen and oxygen atoms in total. The predicted molar refractivity (Wildman–Crippen MR) is 76.4 cm³/mol. The van der Waals surface area contributed by atoms with Crippen molar-refractivity contribution >= 4 is 5.69 Å². The summed E-state index contributed by atoms with van der Waals surface area (Å²) in [4.78, 5) is 0. The van der Waals surface area contributed by atoms with E-state index in [1.807, 2.05) is 31.2 Å². The van der Waals surface area contributed by atoms with Crippen molar-refractivity contribution in [2.75, 3.05) is 11.9 Å². The monoisotopic (exact) mass is 295 g/mol. The minimum atomic E-state index is -4.33. The number of nitrogens with one attached hydrogen (secondary N) is 1. The van der Waals surface area contributed by atoms with Crippen LogP contribution in [0, 0.1) is 0 Å². The highest BCUT2D eigenvalue weighted by Gasteiger charge is 2.30. The van der Waals surface area contributed by atoms with Crippen molar-refractivity contribution in [3.05, 3.63) is 59.7 Å². The van der Waals surface area contributed by atoms with Gasteiger partial charge >= 0.3 is 6.18 Å². The van der Waals surface area contributed by atoms with E-state index < -0.39 is 11.7 Å². The number of ether oxygens (including phenoxy) is 1. The van der Waals surface area contributed by atoms with Crippen LogP contribution in [0.1, 0.15) is 18.1 Å². The maximum Gasteiger partial charge on any atom is 0.416 e. The molecule has 0 heterocycles. The van der Waals surface area contributed by atoms with Gasteiger partial charge in [-0.15, -0.1) is 0 Å². The van der Waals surface area contributed by atoms with Crippen LogP contribution in [0.25, 0.3) is 0 Å². The first-order valence-corrected chi connectivity index (χ1v) is 6.62. The quantitative estimate of drug-likeness (QED) is 0.862. The molecule has 0 unspecified atom stereocenters. The van der Waals surface area contributed by atoms with Crippen LogP contribution in [-0.4, -0.2) is 6.61 Å². The third-order valence-electron chi connectivity index (χ3n) is 2.90. The summed E-state index contributed by atoms with van der Waals surface area (Å²) in [5.74, 6) is 0.751. The number of hydrogen-bond donors (Lipinski definition) is 1. The van der Waals surface area contributed by atoms with Crippen LogP contribution in [0.5, 0.6) is 5.75 Å². The minimum absolute atomic E-state index is 0.433. The molecule has 0 aliphatic rings. The normalized spacial score (nSPS) is 11.2. The van der Waals surface area contributed by atoms with E-state index in [-0.39, 0.29) is 0 Å². The van der Waals surface area contributed by atoms with E-state index >= 15 is 0 Å². The number of halogens is 3. The molecule has 21 heavy (non-hydrogen) atoms. The van der Waals surface area contributed by atoms with Crippen LogP contribution in [0.4, 0.5) is 18.9 Å². The van der Waals surface area contributed by atoms with Crippen molar-refractivity contribution in [3.8, 4) is 5.75 Å². The van der Waals surface area contributed by atoms with E-state index in [0.717, 1.165) is 23.4 Å². The molecule has 2 rings (SSSR count). The van der Waals surface area contributed by atoms with Crippen molar-refractivity contribution in [2.24, 2.45) is 0 Å². The molecular weight excluding hydrogens is 279 g/mol. The van der Waals surface area contributed by atoms with Gasteiger partial charge in [0.2, 0.25) is 0 Å². The number of hydrogen-bond acceptors (Lipinski definition) is 2. The SMILES string of the molecule is CCOc1cccc(CNc2cccc(C(F)(F)F)c2)c1. The van der Waals surface area contributed by atoms with Gasteiger partial charge in [0.05, 0.1) is 12.2 Å². The molecule has 0 fully saturated rings. The molecule has 0 amide bonds. The molecule has 0 aliphatic heterocycles. The minimum Gasteiger partial charge on any atom is -0.494 e. The van der Waals surface area contributed by atoms with Crippen LogP contribution in [0.15, 0.2) is 48.5 Å². The lowest BCUT2D eigenvalue weighted by Crippen LogP contribution is -2.06. The van der Waals surface area contributed by atoms with E-state index in [0.29, 0.717) is 18.8 Å². The number of benzene rings is 2. The average Bonchev–Trinajstić information content (AvgIpc) is 2.45. The Hall–Kier alpha value is -2.17. The van der Waals surface area contributed by atoms with Crippen LogP contribution < -0.4 is 10.1 Å². The Balaban J connectivity index is 2.04. The van der Waals surface area contributed by atoms with Crippen molar-refractivity contribution in [3.63, 3.8) is 0 Å². The zero-order valence-electron chi connectivity index (χ0n) is 11.6. The Kier molecular flexibility index (Phi) is 4.73. The van der Waals surface area contributed by atoms with Crippen LogP contribution >= 0.6 is 0 Å². The van der Waals surface area contributed by atoms with E-state index in [2.05, 4.69) is 5.32 Å². The molecule has 0 spiro atoms. The summed E-state index contributed by atoms with van der Waals surface area (Å²) in [5.41, 5.74) is 0.723. The summed E-state index contributed by atoms with van der Waals surface area (Å²) in [6.07, 6.45) is -4.33. The molecule has 0 aromatic heterocycles. The lowest BCUT2D eigenvalue weighted by Gasteiger charge is -2.11. The van der Waals surface area contributed by atoms with Crippen LogP contribution in [0.2, 0.25) is 0 Å². The molecule has 0 aliphatic carbocycles. The molecule has 2 aromatic carbocycles. The van der Waals surface area contributed by atoms with E-state index in [9.17, 15) is 13.2 Å². The first-order valence-electron chi connectivity index (χ1n) is 6.62. The molecule has 0 saturated heterocycles. The Bertz CT molecular complexity index is 596. The first kappa shape index (κ1) is 15.2. The highest BCUT2D eigenvalue weighted by molar-refractivity contribution is 5.47. The van der Waals surface area contributed by atoms with Gasteiger partial charge in [0.15, 0.2) is 0 Å². The van der Waals surface area contributed by atoms with E-state index in [4.69, 9.17) is 4.74 Å². The lowest BCUT2D eigenvalue weighted by atomic mass is 10.1. The highest BCUT2D eigenvalue weighted by Crippen LogP contribution is 2.30. The molecule has 0 radical (unpaired) electrons. The van der Waals surface area contributed by atoms with Gasteiger partial charge in [0.1, 0.15) is 5.75 Å². The van der Waals surface area contributed by atoms with Crippen molar-refractivity contribution in [1.82, 2.24) is 0 Å². The van der Waals surface area contributed by atoms with E-state index in [1.165, 1.54) is 6.07 Å². The fourth-order valence-electron chi connectivity index (χ4n) is 1.92. The second-order valence-electron chi connectivity index (χ2n) is 4.51. The zero-order valence-corrected chi connectivity index (χ0v) is 11.6. The molecular formula is C16H16F3NO. The van der Waals surface area contributed by atoms with Gasteiger partial charge in [-0.05, 0) is 42.8 Å². The Morgan fingerprint density at radius 1 is 1.05 bits per heavy atom. The second-order valence-corrected chi connectivity index (χ2v) is 4.51. The Labute approximate surface area is 121 Å². The standard InChI is InChI=1S/C16H16F3NO/c1-2-21-15-8-3-5-12(9-15)11-20-14-7-4-6-13(10-14)16(17,18)19/h3-10,20H,2,11H2,1H3. The smallest absolute Gasteiger partial charge is 0.416 e.